The molecule has 1 unspecified atom stereocenters. The number of nitro benzene ring substituents is 1. The Labute approximate surface area is 146 Å². The van der Waals surface area contributed by atoms with Crippen LogP contribution >= 0.6 is 0 Å². The first-order valence-electron chi connectivity index (χ1n) is 8.38. The number of carbonyl (C=O) groups is 2. The molecule has 0 saturated carbocycles. The van der Waals surface area contributed by atoms with E-state index in [4.69, 9.17) is 4.74 Å². The standard InChI is InChI=1S/C18H22N2O5/c1-13(17(21)19-12-11-14-5-3-2-4-6-14)25-18(22)15-7-9-16(10-8-15)20(23)24/h5,7-10,13H,2-4,6,11-12H2,1H3,(H,19,21). The molecule has 0 bridgehead atoms. The molecule has 1 aromatic carbocycles. The number of esters is 1. The summed E-state index contributed by atoms with van der Waals surface area (Å²) in [5.74, 6) is -1.04. The van der Waals surface area contributed by atoms with Crippen molar-refractivity contribution in [3.05, 3.63) is 51.6 Å². The van der Waals surface area contributed by atoms with Gasteiger partial charge in [-0.15, -0.1) is 0 Å². The summed E-state index contributed by atoms with van der Waals surface area (Å²) >= 11 is 0. The number of carbonyl (C=O) groups excluding carboxylic acids is 2. The Morgan fingerprint density at radius 3 is 2.60 bits per heavy atom. The smallest absolute Gasteiger partial charge is 0.338 e. The summed E-state index contributed by atoms with van der Waals surface area (Å²) in [6, 6.07) is 5.06. The van der Waals surface area contributed by atoms with E-state index in [1.54, 1.807) is 0 Å². The van der Waals surface area contributed by atoms with E-state index in [2.05, 4.69) is 11.4 Å². The van der Waals surface area contributed by atoms with Crippen molar-refractivity contribution in [3.63, 3.8) is 0 Å². The zero-order valence-corrected chi connectivity index (χ0v) is 14.2. The highest BCUT2D eigenvalue weighted by molar-refractivity contribution is 5.92. The van der Waals surface area contributed by atoms with Crippen LogP contribution in [0.15, 0.2) is 35.9 Å². The molecule has 0 radical (unpaired) electrons. The zero-order valence-electron chi connectivity index (χ0n) is 14.2. The van der Waals surface area contributed by atoms with Crippen LogP contribution in [0.2, 0.25) is 0 Å². The van der Waals surface area contributed by atoms with Crippen LogP contribution in [0.3, 0.4) is 0 Å². The highest BCUT2D eigenvalue weighted by Gasteiger charge is 2.19. The molecule has 0 saturated heterocycles. The summed E-state index contributed by atoms with van der Waals surface area (Å²) in [6.07, 6.45) is 6.73. The Hall–Kier alpha value is -2.70. The van der Waals surface area contributed by atoms with Gasteiger partial charge in [0.25, 0.3) is 11.6 Å². The Bertz CT molecular complexity index is 667. The molecule has 1 amide bonds. The van der Waals surface area contributed by atoms with Gasteiger partial charge >= 0.3 is 5.97 Å². The zero-order chi connectivity index (χ0) is 18.2. The number of hydrogen-bond donors (Lipinski definition) is 1. The third-order valence-electron chi connectivity index (χ3n) is 4.10. The number of non-ortho nitro benzene ring substituents is 1. The quantitative estimate of drug-likeness (QED) is 0.354. The number of nitrogens with zero attached hydrogens (tertiary/aromatic N) is 1. The van der Waals surface area contributed by atoms with Gasteiger partial charge in [0.05, 0.1) is 10.5 Å². The van der Waals surface area contributed by atoms with Crippen molar-refractivity contribution in [1.82, 2.24) is 5.32 Å². The molecule has 7 nitrogen and oxygen atoms in total. The molecule has 1 N–H and O–H groups in total. The molecule has 2 rings (SSSR count). The minimum Gasteiger partial charge on any atom is -0.449 e. The molecule has 134 valence electrons. The normalized spacial score (nSPS) is 15.0. The third kappa shape index (κ3) is 5.70. The highest BCUT2D eigenvalue weighted by Crippen LogP contribution is 2.19. The number of ether oxygens (including phenoxy) is 1. The number of amides is 1. The summed E-state index contributed by atoms with van der Waals surface area (Å²) in [7, 11) is 0. The van der Waals surface area contributed by atoms with Crippen LogP contribution < -0.4 is 5.32 Å². The number of benzene rings is 1. The van der Waals surface area contributed by atoms with Gasteiger partial charge in [0.15, 0.2) is 6.10 Å². The van der Waals surface area contributed by atoms with Crippen molar-refractivity contribution in [2.75, 3.05) is 6.54 Å². The van der Waals surface area contributed by atoms with Crippen LogP contribution in [0.25, 0.3) is 0 Å². The first-order chi connectivity index (χ1) is 12.0. The summed E-state index contributed by atoms with van der Waals surface area (Å²) in [4.78, 5) is 34.0. The first kappa shape index (κ1) is 18.6. The first-order valence-corrected chi connectivity index (χ1v) is 8.38. The molecule has 1 aliphatic rings. The van der Waals surface area contributed by atoms with E-state index in [0.29, 0.717) is 6.54 Å². The van der Waals surface area contributed by atoms with Crippen LogP contribution in [0.1, 0.15) is 49.4 Å². The summed E-state index contributed by atoms with van der Waals surface area (Å²) in [5.41, 5.74) is 1.42. The number of nitro groups is 1. The number of hydrogen-bond acceptors (Lipinski definition) is 5. The van der Waals surface area contributed by atoms with Crippen LogP contribution in [0.4, 0.5) is 5.69 Å². The molecule has 1 aliphatic carbocycles. The molecule has 25 heavy (non-hydrogen) atoms. The fourth-order valence-electron chi connectivity index (χ4n) is 2.62. The molecule has 1 atom stereocenters. The monoisotopic (exact) mass is 346 g/mol. The van der Waals surface area contributed by atoms with Gasteiger partial charge in [0.2, 0.25) is 0 Å². The van der Waals surface area contributed by atoms with E-state index >= 15 is 0 Å². The van der Waals surface area contributed by atoms with Crippen LogP contribution in [-0.2, 0) is 9.53 Å². The van der Waals surface area contributed by atoms with Crippen LogP contribution in [0.5, 0.6) is 0 Å². The summed E-state index contributed by atoms with van der Waals surface area (Å²) < 4.78 is 5.11. The fourth-order valence-corrected chi connectivity index (χ4v) is 2.62. The van der Waals surface area contributed by atoms with Gasteiger partial charge in [-0.1, -0.05) is 11.6 Å². The summed E-state index contributed by atoms with van der Waals surface area (Å²) in [5, 5.41) is 13.4. The lowest BCUT2D eigenvalue weighted by atomic mass is 9.97. The second-order valence-corrected chi connectivity index (χ2v) is 6.00. The molecule has 0 aliphatic heterocycles. The Balaban J connectivity index is 1.78. The Kier molecular flexibility index (Phi) is 6.68. The van der Waals surface area contributed by atoms with Crippen molar-refractivity contribution in [1.29, 1.82) is 0 Å². The molecule has 0 fully saturated rings. The van der Waals surface area contributed by atoms with Gasteiger partial charge in [-0.3, -0.25) is 14.9 Å². The van der Waals surface area contributed by atoms with Gasteiger partial charge in [-0.2, -0.15) is 0 Å². The van der Waals surface area contributed by atoms with Crippen molar-refractivity contribution >= 4 is 17.6 Å². The van der Waals surface area contributed by atoms with Crippen molar-refractivity contribution in [3.8, 4) is 0 Å². The van der Waals surface area contributed by atoms with E-state index in [1.165, 1.54) is 49.6 Å². The predicted molar refractivity (Wildman–Crippen MR) is 92.2 cm³/mol. The van der Waals surface area contributed by atoms with E-state index in [9.17, 15) is 19.7 Å². The van der Waals surface area contributed by atoms with E-state index in [0.717, 1.165) is 19.3 Å². The van der Waals surface area contributed by atoms with E-state index in [-0.39, 0.29) is 17.2 Å². The van der Waals surface area contributed by atoms with Gasteiger partial charge in [-0.25, -0.2) is 4.79 Å². The molecule has 0 aromatic heterocycles. The van der Waals surface area contributed by atoms with Crippen LogP contribution in [-0.4, -0.2) is 29.4 Å². The Morgan fingerprint density at radius 2 is 2.00 bits per heavy atom. The number of nitrogens with one attached hydrogen (secondary N) is 1. The lowest BCUT2D eigenvalue weighted by molar-refractivity contribution is -0.384. The third-order valence-corrected chi connectivity index (χ3v) is 4.10. The van der Waals surface area contributed by atoms with Crippen molar-refractivity contribution in [2.45, 2.75) is 45.1 Å². The lowest BCUT2D eigenvalue weighted by Gasteiger charge is -2.15. The lowest BCUT2D eigenvalue weighted by Crippen LogP contribution is -2.36. The van der Waals surface area contributed by atoms with Gasteiger partial charge in [-0.05, 0) is 51.2 Å². The number of allylic oxidation sites excluding steroid dienone is 1. The van der Waals surface area contributed by atoms with Crippen LogP contribution in [0, 0.1) is 10.1 Å². The number of rotatable bonds is 7. The maximum atomic E-state index is 12.0. The maximum absolute atomic E-state index is 12.0. The fraction of sp³-hybridized carbons (Fsp3) is 0.444. The van der Waals surface area contributed by atoms with Crippen molar-refractivity contribution < 1.29 is 19.2 Å². The molecule has 1 aromatic rings. The van der Waals surface area contributed by atoms with E-state index in [1.807, 2.05) is 0 Å². The largest absolute Gasteiger partial charge is 0.449 e. The molecule has 0 heterocycles. The van der Waals surface area contributed by atoms with Gasteiger partial charge in [0.1, 0.15) is 0 Å². The second-order valence-electron chi connectivity index (χ2n) is 6.00. The minimum atomic E-state index is -0.928. The second kappa shape index (κ2) is 8.96. The minimum absolute atomic E-state index is 0.112. The SMILES string of the molecule is CC(OC(=O)c1ccc([N+](=O)[O-])cc1)C(=O)NCCC1=CCCCC1. The average molecular weight is 346 g/mol. The molecular formula is C18H22N2O5. The maximum Gasteiger partial charge on any atom is 0.338 e. The average Bonchev–Trinajstić information content (AvgIpc) is 2.62. The highest BCUT2D eigenvalue weighted by atomic mass is 16.6. The van der Waals surface area contributed by atoms with Crippen molar-refractivity contribution in [2.24, 2.45) is 0 Å². The topological polar surface area (TPSA) is 98.5 Å². The summed E-state index contributed by atoms with van der Waals surface area (Å²) in [6.45, 7) is 2.02. The molecule has 0 spiro atoms. The molecule has 7 heteroatoms. The molecular weight excluding hydrogens is 324 g/mol. The predicted octanol–water partition coefficient (Wildman–Crippen LogP) is 3.15. The van der Waals surface area contributed by atoms with Gasteiger partial charge < -0.3 is 10.1 Å². The van der Waals surface area contributed by atoms with Gasteiger partial charge in [0, 0.05) is 18.7 Å². The Morgan fingerprint density at radius 1 is 1.28 bits per heavy atom. The van der Waals surface area contributed by atoms with E-state index < -0.39 is 17.0 Å².